The standard InChI is InChI=1S/C14H11N3O/c1-10-4-2-3-5-12(10)13-16-14(18-17-13)11-6-8-15-9-7-11/h2-9H,1H3. The van der Waals surface area contributed by atoms with Gasteiger partial charge in [0.25, 0.3) is 5.89 Å². The van der Waals surface area contributed by atoms with Gasteiger partial charge in [0.15, 0.2) is 0 Å². The number of rotatable bonds is 2. The van der Waals surface area contributed by atoms with Crippen molar-refractivity contribution >= 4 is 0 Å². The third kappa shape index (κ3) is 1.88. The molecule has 0 spiro atoms. The van der Waals surface area contributed by atoms with Gasteiger partial charge in [-0.05, 0) is 24.6 Å². The summed E-state index contributed by atoms with van der Waals surface area (Å²) in [4.78, 5) is 8.37. The summed E-state index contributed by atoms with van der Waals surface area (Å²) in [6.07, 6.45) is 3.40. The predicted molar refractivity (Wildman–Crippen MR) is 67.7 cm³/mol. The van der Waals surface area contributed by atoms with Gasteiger partial charge in [0.05, 0.1) is 0 Å². The number of aromatic nitrogens is 3. The number of hydrogen-bond acceptors (Lipinski definition) is 4. The van der Waals surface area contributed by atoms with Crippen molar-refractivity contribution in [2.24, 2.45) is 0 Å². The monoisotopic (exact) mass is 237 g/mol. The Balaban J connectivity index is 2.03. The van der Waals surface area contributed by atoms with Crippen LogP contribution in [-0.4, -0.2) is 15.1 Å². The Morgan fingerprint density at radius 2 is 1.78 bits per heavy atom. The summed E-state index contributed by atoms with van der Waals surface area (Å²) in [6.45, 7) is 2.03. The molecule has 18 heavy (non-hydrogen) atoms. The Bertz CT molecular complexity index is 662. The molecule has 3 aromatic rings. The molecule has 0 bridgehead atoms. The van der Waals surface area contributed by atoms with Crippen LogP contribution in [0.2, 0.25) is 0 Å². The minimum atomic E-state index is 0.510. The molecule has 0 radical (unpaired) electrons. The zero-order valence-corrected chi connectivity index (χ0v) is 9.87. The number of pyridine rings is 1. The SMILES string of the molecule is Cc1ccccc1-c1noc(-c2ccncc2)n1. The van der Waals surface area contributed by atoms with Crippen molar-refractivity contribution in [2.75, 3.05) is 0 Å². The number of hydrogen-bond donors (Lipinski definition) is 0. The van der Waals surface area contributed by atoms with Gasteiger partial charge in [-0.15, -0.1) is 0 Å². The highest BCUT2D eigenvalue weighted by molar-refractivity contribution is 5.62. The molecule has 0 saturated carbocycles. The molecule has 0 aliphatic rings. The summed E-state index contributed by atoms with van der Waals surface area (Å²) in [5.41, 5.74) is 2.98. The fraction of sp³-hybridized carbons (Fsp3) is 0.0714. The van der Waals surface area contributed by atoms with Gasteiger partial charge in [-0.3, -0.25) is 4.98 Å². The van der Waals surface area contributed by atoms with E-state index in [0.29, 0.717) is 11.7 Å². The molecular weight excluding hydrogens is 226 g/mol. The predicted octanol–water partition coefficient (Wildman–Crippen LogP) is 3.11. The van der Waals surface area contributed by atoms with E-state index in [1.807, 2.05) is 43.3 Å². The molecule has 4 nitrogen and oxygen atoms in total. The van der Waals surface area contributed by atoms with E-state index in [9.17, 15) is 0 Å². The lowest BCUT2D eigenvalue weighted by Gasteiger charge is -1.97. The average molecular weight is 237 g/mol. The van der Waals surface area contributed by atoms with Crippen LogP contribution < -0.4 is 0 Å². The van der Waals surface area contributed by atoms with Crippen LogP contribution >= 0.6 is 0 Å². The van der Waals surface area contributed by atoms with Crippen LogP contribution in [0.5, 0.6) is 0 Å². The summed E-state index contributed by atoms with van der Waals surface area (Å²) in [5.74, 6) is 1.12. The van der Waals surface area contributed by atoms with Gasteiger partial charge in [-0.25, -0.2) is 0 Å². The van der Waals surface area contributed by atoms with Gasteiger partial charge >= 0.3 is 0 Å². The van der Waals surface area contributed by atoms with Crippen molar-refractivity contribution < 1.29 is 4.52 Å². The van der Waals surface area contributed by atoms with E-state index in [1.54, 1.807) is 12.4 Å². The van der Waals surface area contributed by atoms with E-state index in [4.69, 9.17) is 4.52 Å². The van der Waals surface area contributed by atoms with Crippen molar-refractivity contribution in [1.29, 1.82) is 0 Å². The van der Waals surface area contributed by atoms with Gasteiger partial charge in [0.2, 0.25) is 5.82 Å². The van der Waals surface area contributed by atoms with E-state index < -0.39 is 0 Å². The molecule has 0 atom stereocenters. The number of benzene rings is 1. The highest BCUT2D eigenvalue weighted by Crippen LogP contribution is 2.23. The van der Waals surface area contributed by atoms with E-state index in [-0.39, 0.29) is 0 Å². The smallest absolute Gasteiger partial charge is 0.258 e. The molecule has 0 N–H and O–H groups in total. The van der Waals surface area contributed by atoms with Crippen molar-refractivity contribution in [3.05, 3.63) is 54.4 Å². The lowest BCUT2D eigenvalue weighted by molar-refractivity contribution is 0.432. The molecule has 4 heteroatoms. The topological polar surface area (TPSA) is 51.8 Å². The zero-order valence-electron chi connectivity index (χ0n) is 9.87. The summed E-state index contributed by atoms with van der Waals surface area (Å²) >= 11 is 0. The first-order valence-corrected chi connectivity index (χ1v) is 5.65. The third-order valence-corrected chi connectivity index (χ3v) is 2.74. The second kappa shape index (κ2) is 4.41. The third-order valence-electron chi connectivity index (χ3n) is 2.74. The van der Waals surface area contributed by atoms with Crippen molar-refractivity contribution in [3.8, 4) is 22.8 Å². The molecule has 0 aliphatic carbocycles. The zero-order chi connectivity index (χ0) is 12.4. The quantitative estimate of drug-likeness (QED) is 0.687. The van der Waals surface area contributed by atoms with Gasteiger partial charge in [-0.2, -0.15) is 4.98 Å². The molecule has 88 valence electrons. The fourth-order valence-electron chi connectivity index (χ4n) is 1.77. The van der Waals surface area contributed by atoms with E-state index >= 15 is 0 Å². The maximum Gasteiger partial charge on any atom is 0.258 e. The Morgan fingerprint density at radius 3 is 2.56 bits per heavy atom. The number of aryl methyl sites for hydroxylation is 1. The second-order valence-electron chi connectivity index (χ2n) is 3.97. The van der Waals surface area contributed by atoms with Crippen LogP contribution in [0.3, 0.4) is 0 Å². The van der Waals surface area contributed by atoms with Gasteiger partial charge in [0.1, 0.15) is 0 Å². The van der Waals surface area contributed by atoms with Crippen LogP contribution in [0.25, 0.3) is 22.8 Å². The molecule has 0 aliphatic heterocycles. The number of nitrogens with zero attached hydrogens (tertiary/aromatic N) is 3. The van der Waals surface area contributed by atoms with E-state index in [2.05, 4.69) is 15.1 Å². The first-order valence-electron chi connectivity index (χ1n) is 5.65. The summed E-state index contributed by atoms with van der Waals surface area (Å²) in [6, 6.07) is 11.6. The molecule has 0 amide bonds. The van der Waals surface area contributed by atoms with Gasteiger partial charge < -0.3 is 4.52 Å². The molecule has 0 saturated heterocycles. The van der Waals surface area contributed by atoms with Crippen LogP contribution in [-0.2, 0) is 0 Å². The summed E-state index contributed by atoms with van der Waals surface area (Å²) in [7, 11) is 0. The lowest BCUT2D eigenvalue weighted by atomic mass is 10.1. The van der Waals surface area contributed by atoms with Crippen LogP contribution in [0, 0.1) is 6.92 Å². The van der Waals surface area contributed by atoms with Crippen molar-refractivity contribution in [1.82, 2.24) is 15.1 Å². The second-order valence-corrected chi connectivity index (χ2v) is 3.97. The van der Waals surface area contributed by atoms with Crippen LogP contribution in [0.15, 0.2) is 53.3 Å². The maximum absolute atomic E-state index is 5.27. The van der Waals surface area contributed by atoms with Crippen molar-refractivity contribution in [3.63, 3.8) is 0 Å². The Labute approximate surface area is 104 Å². The largest absolute Gasteiger partial charge is 0.334 e. The van der Waals surface area contributed by atoms with Crippen molar-refractivity contribution in [2.45, 2.75) is 6.92 Å². The molecule has 0 unspecified atom stereocenters. The molecule has 0 fully saturated rings. The normalized spacial score (nSPS) is 10.5. The fourth-order valence-corrected chi connectivity index (χ4v) is 1.77. The summed E-state index contributed by atoms with van der Waals surface area (Å²) in [5, 5.41) is 4.02. The Kier molecular flexibility index (Phi) is 2.61. The molecule has 1 aromatic carbocycles. The minimum absolute atomic E-state index is 0.510. The molecule has 2 aromatic heterocycles. The Hall–Kier alpha value is -2.49. The summed E-state index contributed by atoms with van der Waals surface area (Å²) < 4.78 is 5.27. The highest BCUT2D eigenvalue weighted by atomic mass is 16.5. The lowest BCUT2D eigenvalue weighted by Crippen LogP contribution is -1.84. The average Bonchev–Trinajstić information content (AvgIpc) is 2.90. The van der Waals surface area contributed by atoms with E-state index in [0.717, 1.165) is 16.7 Å². The first kappa shape index (κ1) is 10.7. The molecule has 2 heterocycles. The Morgan fingerprint density at radius 1 is 1.00 bits per heavy atom. The minimum Gasteiger partial charge on any atom is -0.334 e. The molecule has 3 rings (SSSR count). The van der Waals surface area contributed by atoms with Crippen LogP contribution in [0.1, 0.15) is 5.56 Å². The van der Waals surface area contributed by atoms with Gasteiger partial charge in [-0.1, -0.05) is 29.4 Å². The van der Waals surface area contributed by atoms with Gasteiger partial charge in [0, 0.05) is 23.5 Å². The van der Waals surface area contributed by atoms with Crippen LogP contribution in [0.4, 0.5) is 0 Å². The van der Waals surface area contributed by atoms with E-state index in [1.165, 1.54) is 0 Å². The maximum atomic E-state index is 5.27. The molecular formula is C14H11N3O. The highest BCUT2D eigenvalue weighted by Gasteiger charge is 2.11. The first-order chi connectivity index (χ1) is 8.84.